The lowest BCUT2D eigenvalue weighted by molar-refractivity contribution is 0.378. The molecule has 0 aliphatic carbocycles. The highest BCUT2D eigenvalue weighted by molar-refractivity contribution is 7.89. The van der Waals surface area contributed by atoms with Gasteiger partial charge in [-0.15, -0.1) is 0 Å². The first kappa shape index (κ1) is 15.3. The lowest BCUT2D eigenvalue weighted by Crippen LogP contribution is -2.28. The number of halogens is 1. The first-order valence-corrected chi connectivity index (χ1v) is 7.53. The van der Waals surface area contributed by atoms with Gasteiger partial charge in [0.1, 0.15) is 4.90 Å². The molecular weight excluding hydrogens is 272 g/mol. The molecule has 0 aliphatic heterocycles. The van der Waals surface area contributed by atoms with Crippen molar-refractivity contribution in [2.24, 2.45) is 5.41 Å². The molecule has 102 valence electrons. The second-order valence-corrected chi connectivity index (χ2v) is 7.56. The Kier molecular flexibility index (Phi) is 4.64. The number of hydrogen-bond donors (Lipinski definition) is 2. The molecule has 0 unspecified atom stereocenters. The summed E-state index contributed by atoms with van der Waals surface area (Å²) in [7, 11) is -3.56. The largest absolute Gasteiger partial charge is 0.398 e. The maximum Gasteiger partial charge on any atom is 0.242 e. The molecule has 4 nitrogen and oxygen atoms in total. The van der Waals surface area contributed by atoms with Crippen molar-refractivity contribution in [3.05, 3.63) is 23.2 Å². The molecule has 0 amide bonds. The van der Waals surface area contributed by atoms with Crippen LogP contribution in [0.2, 0.25) is 5.02 Å². The lowest BCUT2D eigenvalue weighted by Gasteiger charge is -2.18. The predicted octanol–water partition coefficient (Wildman–Crippen LogP) is 2.64. The molecule has 3 N–H and O–H groups in total. The normalized spacial score (nSPS) is 12.7. The van der Waals surface area contributed by atoms with Gasteiger partial charge in [0.2, 0.25) is 10.0 Å². The van der Waals surface area contributed by atoms with E-state index in [9.17, 15) is 8.42 Å². The smallest absolute Gasteiger partial charge is 0.242 e. The Labute approximate surface area is 114 Å². The van der Waals surface area contributed by atoms with Gasteiger partial charge >= 0.3 is 0 Å². The number of rotatable bonds is 4. The summed E-state index contributed by atoms with van der Waals surface area (Å²) in [5, 5.41) is 0.418. The van der Waals surface area contributed by atoms with E-state index in [1.165, 1.54) is 18.2 Å². The van der Waals surface area contributed by atoms with Crippen molar-refractivity contribution in [1.29, 1.82) is 0 Å². The van der Waals surface area contributed by atoms with E-state index in [1.54, 1.807) is 0 Å². The van der Waals surface area contributed by atoms with Crippen LogP contribution in [0.25, 0.3) is 0 Å². The third kappa shape index (κ3) is 4.48. The molecule has 0 radical (unpaired) electrons. The molecule has 0 heterocycles. The van der Waals surface area contributed by atoms with E-state index in [-0.39, 0.29) is 16.0 Å². The summed E-state index contributed by atoms with van der Waals surface area (Å²) in [6.45, 7) is 6.54. The van der Waals surface area contributed by atoms with Crippen molar-refractivity contribution in [3.63, 3.8) is 0 Å². The van der Waals surface area contributed by atoms with Crippen molar-refractivity contribution in [2.75, 3.05) is 12.3 Å². The molecule has 0 saturated heterocycles. The van der Waals surface area contributed by atoms with Crippen LogP contribution in [0.1, 0.15) is 27.2 Å². The highest BCUT2D eigenvalue weighted by atomic mass is 35.5. The number of nitrogens with one attached hydrogen (secondary N) is 1. The monoisotopic (exact) mass is 290 g/mol. The fourth-order valence-electron chi connectivity index (χ4n) is 1.40. The Bertz CT molecular complexity index is 521. The SMILES string of the molecule is CC(C)(C)CCNS(=O)(=O)c1ccc(Cl)cc1N. The molecule has 1 aromatic rings. The van der Waals surface area contributed by atoms with Gasteiger partial charge in [0.25, 0.3) is 0 Å². The minimum atomic E-state index is -3.56. The van der Waals surface area contributed by atoms with Gasteiger partial charge in [0, 0.05) is 11.6 Å². The number of sulfonamides is 1. The fraction of sp³-hybridized carbons (Fsp3) is 0.500. The van der Waals surface area contributed by atoms with E-state index in [0.717, 1.165) is 6.42 Å². The Hall–Kier alpha value is -0.780. The number of nitrogens with two attached hydrogens (primary N) is 1. The molecule has 0 fully saturated rings. The van der Waals surface area contributed by atoms with Gasteiger partial charge < -0.3 is 5.73 Å². The zero-order valence-electron chi connectivity index (χ0n) is 10.8. The van der Waals surface area contributed by atoms with Gasteiger partial charge in [-0.1, -0.05) is 32.4 Å². The van der Waals surface area contributed by atoms with Crippen molar-refractivity contribution in [2.45, 2.75) is 32.1 Å². The van der Waals surface area contributed by atoms with E-state index in [2.05, 4.69) is 25.5 Å². The Morgan fingerprint density at radius 2 is 1.94 bits per heavy atom. The standard InChI is InChI=1S/C12H19ClN2O2S/c1-12(2,3)6-7-15-18(16,17)11-5-4-9(13)8-10(11)14/h4-5,8,15H,6-7,14H2,1-3H3. The Morgan fingerprint density at radius 3 is 2.44 bits per heavy atom. The van der Waals surface area contributed by atoms with E-state index in [1.807, 2.05) is 0 Å². The molecule has 18 heavy (non-hydrogen) atoms. The van der Waals surface area contributed by atoms with Gasteiger partial charge in [0.15, 0.2) is 0 Å². The molecular formula is C12H19ClN2O2S. The summed E-state index contributed by atoms with van der Waals surface area (Å²) in [6, 6.07) is 4.35. The van der Waals surface area contributed by atoms with Gasteiger partial charge in [-0.25, -0.2) is 13.1 Å². The predicted molar refractivity (Wildman–Crippen MR) is 75.1 cm³/mol. The van der Waals surface area contributed by atoms with Crippen molar-refractivity contribution >= 4 is 27.3 Å². The molecule has 0 aromatic heterocycles. The molecule has 0 aliphatic rings. The lowest BCUT2D eigenvalue weighted by atomic mass is 9.93. The fourth-order valence-corrected chi connectivity index (χ4v) is 2.73. The van der Waals surface area contributed by atoms with Crippen LogP contribution in [0.15, 0.2) is 23.1 Å². The van der Waals surface area contributed by atoms with Gasteiger partial charge in [-0.3, -0.25) is 0 Å². The maximum atomic E-state index is 12.0. The average molecular weight is 291 g/mol. The topological polar surface area (TPSA) is 72.2 Å². The van der Waals surface area contributed by atoms with Gasteiger partial charge in [-0.2, -0.15) is 0 Å². The minimum Gasteiger partial charge on any atom is -0.398 e. The van der Waals surface area contributed by atoms with Crippen LogP contribution in [0.3, 0.4) is 0 Å². The minimum absolute atomic E-state index is 0.0702. The third-order valence-corrected chi connectivity index (χ3v) is 4.20. The number of nitrogen functional groups attached to an aromatic ring is 1. The summed E-state index contributed by atoms with van der Waals surface area (Å²) in [5.74, 6) is 0. The maximum absolute atomic E-state index is 12.0. The first-order valence-electron chi connectivity index (χ1n) is 5.66. The van der Waals surface area contributed by atoms with E-state index >= 15 is 0 Å². The molecule has 1 rings (SSSR count). The number of benzene rings is 1. The van der Waals surface area contributed by atoms with Crippen LogP contribution in [-0.4, -0.2) is 15.0 Å². The number of hydrogen-bond acceptors (Lipinski definition) is 3. The molecule has 6 heteroatoms. The summed E-state index contributed by atoms with van der Waals surface area (Å²) in [4.78, 5) is 0.0702. The van der Waals surface area contributed by atoms with Gasteiger partial charge in [-0.05, 0) is 30.0 Å². The van der Waals surface area contributed by atoms with Crippen molar-refractivity contribution < 1.29 is 8.42 Å². The second kappa shape index (κ2) is 5.47. The van der Waals surface area contributed by atoms with Crippen LogP contribution in [0.5, 0.6) is 0 Å². The van der Waals surface area contributed by atoms with Crippen LogP contribution in [0.4, 0.5) is 5.69 Å². The summed E-state index contributed by atoms with van der Waals surface area (Å²) < 4.78 is 26.6. The quantitative estimate of drug-likeness (QED) is 0.837. The summed E-state index contributed by atoms with van der Waals surface area (Å²) in [6.07, 6.45) is 0.750. The average Bonchev–Trinajstić information content (AvgIpc) is 2.13. The van der Waals surface area contributed by atoms with Crippen LogP contribution < -0.4 is 10.5 Å². The Morgan fingerprint density at radius 1 is 1.33 bits per heavy atom. The van der Waals surface area contributed by atoms with Crippen LogP contribution in [-0.2, 0) is 10.0 Å². The molecule has 0 spiro atoms. The summed E-state index contributed by atoms with van der Waals surface area (Å²) in [5.41, 5.74) is 5.90. The molecule has 0 atom stereocenters. The highest BCUT2D eigenvalue weighted by Gasteiger charge is 2.18. The summed E-state index contributed by atoms with van der Waals surface area (Å²) >= 11 is 5.74. The first-order chi connectivity index (χ1) is 8.12. The second-order valence-electron chi connectivity index (χ2n) is 5.39. The van der Waals surface area contributed by atoms with E-state index in [4.69, 9.17) is 17.3 Å². The van der Waals surface area contributed by atoms with E-state index < -0.39 is 10.0 Å². The Balaban J connectivity index is 2.81. The van der Waals surface area contributed by atoms with E-state index in [0.29, 0.717) is 11.6 Å². The highest BCUT2D eigenvalue weighted by Crippen LogP contribution is 2.23. The van der Waals surface area contributed by atoms with Crippen molar-refractivity contribution in [1.82, 2.24) is 4.72 Å². The number of anilines is 1. The van der Waals surface area contributed by atoms with Crippen molar-refractivity contribution in [3.8, 4) is 0 Å². The third-order valence-electron chi connectivity index (χ3n) is 2.43. The van der Waals surface area contributed by atoms with Gasteiger partial charge in [0.05, 0.1) is 5.69 Å². The van der Waals surface area contributed by atoms with Crippen LogP contribution >= 0.6 is 11.6 Å². The zero-order valence-corrected chi connectivity index (χ0v) is 12.4. The molecule has 1 aromatic carbocycles. The molecule has 0 bridgehead atoms. The zero-order chi connectivity index (χ0) is 14.0. The molecule has 0 saturated carbocycles. The van der Waals surface area contributed by atoms with Crippen LogP contribution in [0, 0.1) is 5.41 Å².